The van der Waals surface area contributed by atoms with Crippen LogP contribution in [0.5, 0.6) is 11.5 Å². The number of aliphatic hydroxyl groups excluding tert-OH is 1. The van der Waals surface area contributed by atoms with E-state index in [9.17, 15) is 9.50 Å². The molecule has 0 amide bonds. The van der Waals surface area contributed by atoms with Gasteiger partial charge in [0, 0.05) is 8.95 Å². The van der Waals surface area contributed by atoms with Gasteiger partial charge in [0.1, 0.15) is 5.75 Å². The van der Waals surface area contributed by atoms with Gasteiger partial charge in [-0.25, -0.2) is 4.39 Å². The highest BCUT2D eigenvalue weighted by atomic mass is 79.9. The molecule has 100 valence electrons. The van der Waals surface area contributed by atoms with Crippen molar-refractivity contribution in [3.05, 3.63) is 56.7 Å². The van der Waals surface area contributed by atoms with E-state index < -0.39 is 11.9 Å². The van der Waals surface area contributed by atoms with E-state index in [0.29, 0.717) is 10.2 Å². The number of aliphatic hydroxyl groups is 1. The molecule has 2 nitrogen and oxygen atoms in total. The van der Waals surface area contributed by atoms with Crippen molar-refractivity contribution >= 4 is 31.9 Å². The van der Waals surface area contributed by atoms with Gasteiger partial charge in [-0.05, 0) is 42.8 Å². The SMILES string of the molecule is CC(O)c1ccc(Oc2ccc(Br)cc2F)cc1Br. The lowest BCUT2D eigenvalue weighted by atomic mass is 10.1. The quantitative estimate of drug-likeness (QED) is 0.781. The molecule has 0 saturated carbocycles. The third kappa shape index (κ3) is 3.55. The van der Waals surface area contributed by atoms with Crippen LogP contribution in [0.4, 0.5) is 4.39 Å². The average Bonchev–Trinajstić information content (AvgIpc) is 2.32. The van der Waals surface area contributed by atoms with Crippen LogP contribution in [0, 0.1) is 5.82 Å². The maximum Gasteiger partial charge on any atom is 0.166 e. The maximum atomic E-state index is 13.6. The molecule has 1 unspecified atom stereocenters. The Bertz CT molecular complexity index is 600. The summed E-state index contributed by atoms with van der Waals surface area (Å²) in [6.45, 7) is 1.68. The van der Waals surface area contributed by atoms with Gasteiger partial charge in [0.25, 0.3) is 0 Å². The molecule has 0 aliphatic heterocycles. The first-order chi connectivity index (χ1) is 8.97. The van der Waals surface area contributed by atoms with E-state index in [-0.39, 0.29) is 5.75 Å². The molecule has 1 N–H and O–H groups in total. The molecule has 0 aromatic heterocycles. The first-order valence-corrected chi connectivity index (χ1v) is 7.16. The van der Waals surface area contributed by atoms with Gasteiger partial charge in [-0.1, -0.05) is 37.9 Å². The lowest BCUT2D eigenvalue weighted by molar-refractivity contribution is 0.198. The standard InChI is InChI=1S/C14H11Br2FO2/c1-8(18)11-4-3-10(7-12(11)16)19-14-5-2-9(15)6-13(14)17/h2-8,18H,1H3. The van der Waals surface area contributed by atoms with Gasteiger partial charge in [-0.3, -0.25) is 0 Å². The number of hydrogen-bond acceptors (Lipinski definition) is 2. The van der Waals surface area contributed by atoms with Gasteiger partial charge in [0.2, 0.25) is 0 Å². The number of benzene rings is 2. The van der Waals surface area contributed by atoms with Gasteiger partial charge < -0.3 is 9.84 Å². The molecule has 5 heteroatoms. The Hall–Kier alpha value is -0.910. The van der Waals surface area contributed by atoms with Crippen molar-refractivity contribution in [3.63, 3.8) is 0 Å². The number of rotatable bonds is 3. The molecule has 0 fully saturated rings. The summed E-state index contributed by atoms with van der Waals surface area (Å²) in [7, 11) is 0. The van der Waals surface area contributed by atoms with Gasteiger partial charge in [0.15, 0.2) is 11.6 Å². The Morgan fingerprint density at radius 1 is 1.16 bits per heavy atom. The van der Waals surface area contributed by atoms with Crippen molar-refractivity contribution in [2.24, 2.45) is 0 Å². The second kappa shape index (κ2) is 6.03. The molecule has 0 aliphatic carbocycles. The molecular formula is C14H11Br2FO2. The van der Waals surface area contributed by atoms with Crippen molar-refractivity contribution in [3.8, 4) is 11.5 Å². The van der Waals surface area contributed by atoms with E-state index >= 15 is 0 Å². The second-order valence-corrected chi connectivity index (χ2v) is 5.81. The molecule has 1 atom stereocenters. The summed E-state index contributed by atoms with van der Waals surface area (Å²) in [5.74, 6) is 0.211. The first-order valence-electron chi connectivity index (χ1n) is 5.58. The minimum atomic E-state index is -0.576. The highest BCUT2D eigenvalue weighted by molar-refractivity contribution is 9.10. The fourth-order valence-corrected chi connectivity index (χ4v) is 2.62. The van der Waals surface area contributed by atoms with Crippen molar-refractivity contribution in [2.75, 3.05) is 0 Å². The van der Waals surface area contributed by atoms with Gasteiger partial charge in [-0.15, -0.1) is 0 Å². The van der Waals surface area contributed by atoms with Gasteiger partial charge in [0.05, 0.1) is 6.10 Å². The predicted molar refractivity (Wildman–Crippen MR) is 78.9 cm³/mol. The summed E-state index contributed by atoms with van der Waals surface area (Å²) < 4.78 is 20.5. The molecule has 2 aromatic rings. The Morgan fingerprint density at radius 2 is 1.89 bits per heavy atom. The summed E-state index contributed by atoms with van der Waals surface area (Å²) in [4.78, 5) is 0. The molecule has 0 saturated heterocycles. The fourth-order valence-electron chi connectivity index (χ4n) is 1.60. The summed E-state index contributed by atoms with van der Waals surface area (Å²) >= 11 is 6.54. The van der Waals surface area contributed by atoms with Crippen LogP contribution in [0.1, 0.15) is 18.6 Å². The topological polar surface area (TPSA) is 29.5 Å². The van der Waals surface area contributed by atoms with Crippen LogP contribution in [-0.4, -0.2) is 5.11 Å². The number of ether oxygens (including phenoxy) is 1. The molecule has 0 aliphatic rings. The maximum absolute atomic E-state index is 13.6. The van der Waals surface area contributed by atoms with Crippen LogP contribution >= 0.6 is 31.9 Å². The molecule has 2 aromatic carbocycles. The molecule has 0 heterocycles. The third-order valence-electron chi connectivity index (χ3n) is 2.54. The van der Waals surface area contributed by atoms with Crippen molar-refractivity contribution in [1.82, 2.24) is 0 Å². The number of halogens is 3. The molecule has 2 rings (SSSR count). The molecule has 0 spiro atoms. The van der Waals surface area contributed by atoms with E-state index in [0.717, 1.165) is 10.0 Å². The van der Waals surface area contributed by atoms with Crippen LogP contribution in [0.15, 0.2) is 45.3 Å². The Labute approximate surface area is 127 Å². The Kier molecular flexibility index (Phi) is 4.60. The van der Waals surface area contributed by atoms with Crippen molar-refractivity contribution in [2.45, 2.75) is 13.0 Å². The van der Waals surface area contributed by atoms with Crippen LogP contribution in [-0.2, 0) is 0 Å². The first kappa shape index (κ1) is 14.5. The summed E-state index contributed by atoms with van der Waals surface area (Å²) in [6.07, 6.45) is -0.576. The summed E-state index contributed by atoms with van der Waals surface area (Å²) in [5, 5.41) is 9.52. The third-order valence-corrected chi connectivity index (χ3v) is 3.72. The van der Waals surface area contributed by atoms with Crippen molar-refractivity contribution in [1.29, 1.82) is 0 Å². The van der Waals surface area contributed by atoms with E-state index in [2.05, 4.69) is 31.9 Å². The zero-order valence-corrected chi connectivity index (χ0v) is 13.2. The molecule has 19 heavy (non-hydrogen) atoms. The largest absolute Gasteiger partial charge is 0.454 e. The lowest BCUT2D eigenvalue weighted by Gasteiger charge is -2.11. The van der Waals surface area contributed by atoms with Gasteiger partial charge in [-0.2, -0.15) is 0 Å². The van der Waals surface area contributed by atoms with Crippen LogP contribution in [0.2, 0.25) is 0 Å². The minimum absolute atomic E-state index is 0.153. The normalized spacial score (nSPS) is 12.3. The zero-order valence-electron chi connectivity index (χ0n) is 10.0. The van der Waals surface area contributed by atoms with E-state index in [1.807, 2.05) is 0 Å². The van der Waals surface area contributed by atoms with E-state index in [4.69, 9.17) is 4.74 Å². The van der Waals surface area contributed by atoms with Crippen LogP contribution in [0.3, 0.4) is 0 Å². The lowest BCUT2D eigenvalue weighted by Crippen LogP contribution is -1.94. The van der Waals surface area contributed by atoms with Crippen LogP contribution in [0.25, 0.3) is 0 Å². The minimum Gasteiger partial charge on any atom is -0.454 e. The van der Waals surface area contributed by atoms with E-state index in [1.54, 1.807) is 37.3 Å². The van der Waals surface area contributed by atoms with Crippen LogP contribution < -0.4 is 4.74 Å². The van der Waals surface area contributed by atoms with Crippen molar-refractivity contribution < 1.29 is 14.2 Å². The molecule has 0 radical (unpaired) electrons. The summed E-state index contributed by atoms with van der Waals surface area (Å²) in [6, 6.07) is 9.72. The molecular weight excluding hydrogens is 379 g/mol. The Morgan fingerprint density at radius 3 is 2.47 bits per heavy atom. The molecule has 0 bridgehead atoms. The fraction of sp³-hybridized carbons (Fsp3) is 0.143. The zero-order chi connectivity index (χ0) is 14.0. The monoisotopic (exact) mass is 388 g/mol. The van der Waals surface area contributed by atoms with Gasteiger partial charge >= 0.3 is 0 Å². The average molecular weight is 390 g/mol. The van der Waals surface area contributed by atoms with E-state index in [1.165, 1.54) is 6.07 Å². The summed E-state index contributed by atoms with van der Waals surface area (Å²) in [5.41, 5.74) is 0.753. The highest BCUT2D eigenvalue weighted by Gasteiger charge is 2.09. The highest BCUT2D eigenvalue weighted by Crippen LogP contribution is 2.31. The predicted octanol–water partition coefficient (Wildman–Crippen LogP) is 5.20. The Balaban J connectivity index is 2.26. The number of hydrogen-bond donors (Lipinski definition) is 1. The second-order valence-electron chi connectivity index (χ2n) is 4.04. The smallest absolute Gasteiger partial charge is 0.166 e.